The monoisotopic (exact) mass is 347 g/mol. The molecule has 2 aromatic heterocycles. The average Bonchev–Trinajstić information content (AvgIpc) is 2.91. The first-order chi connectivity index (χ1) is 11.7. The molecular weight excluding hydrogens is 322 g/mol. The fourth-order valence-electron chi connectivity index (χ4n) is 2.78. The van der Waals surface area contributed by atoms with Crippen LogP contribution in [-0.2, 0) is 20.7 Å². The Morgan fingerprint density at radius 3 is 2.48 bits per heavy atom. The molecule has 136 valence electrons. The fraction of sp³-hybridized carbons (Fsp3) is 0.588. The van der Waals surface area contributed by atoms with Crippen LogP contribution >= 0.6 is 0 Å². The predicted octanol–water partition coefficient (Wildman–Crippen LogP) is 1.30. The Morgan fingerprint density at radius 2 is 1.88 bits per heavy atom. The molecule has 0 aromatic carbocycles. The van der Waals surface area contributed by atoms with Crippen molar-refractivity contribution in [3.05, 3.63) is 22.8 Å². The van der Waals surface area contributed by atoms with Crippen LogP contribution in [0.1, 0.15) is 43.0 Å². The predicted molar refractivity (Wildman–Crippen MR) is 92.1 cm³/mol. The summed E-state index contributed by atoms with van der Waals surface area (Å²) < 4.78 is 6.44. The maximum atomic E-state index is 12.3. The summed E-state index contributed by atoms with van der Waals surface area (Å²) in [5.74, 6) is 0.541. The topological polar surface area (TPSA) is 98.5 Å². The third kappa shape index (κ3) is 4.12. The molecule has 1 amide bonds. The van der Waals surface area contributed by atoms with Crippen molar-refractivity contribution in [2.45, 2.75) is 53.5 Å². The normalized spacial score (nSPS) is 12.4. The van der Waals surface area contributed by atoms with Gasteiger partial charge in [0.2, 0.25) is 5.91 Å². The number of aryl methyl sites for hydroxylation is 3. The Balaban J connectivity index is 2.11. The van der Waals surface area contributed by atoms with E-state index in [4.69, 9.17) is 4.74 Å². The molecule has 2 rings (SSSR count). The number of ether oxygens (including phenoxy) is 1. The van der Waals surface area contributed by atoms with Crippen molar-refractivity contribution in [1.82, 2.24) is 24.9 Å². The Kier molecular flexibility index (Phi) is 5.71. The molecule has 0 saturated carbocycles. The number of methoxy groups -OCH3 is 1. The highest BCUT2D eigenvalue weighted by atomic mass is 16.5. The van der Waals surface area contributed by atoms with E-state index in [1.54, 1.807) is 4.52 Å². The summed E-state index contributed by atoms with van der Waals surface area (Å²) in [6, 6.07) is -0.640. The largest absolute Gasteiger partial charge is 0.467 e. The van der Waals surface area contributed by atoms with Crippen LogP contribution in [-0.4, -0.2) is 44.6 Å². The van der Waals surface area contributed by atoms with Gasteiger partial charge in [-0.2, -0.15) is 10.1 Å². The lowest BCUT2D eigenvalue weighted by Crippen LogP contribution is -2.45. The fourth-order valence-corrected chi connectivity index (χ4v) is 2.78. The van der Waals surface area contributed by atoms with Gasteiger partial charge in [0.25, 0.3) is 5.78 Å². The number of esters is 1. The van der Waals surface area contributed by atoms with Crippen LogP contribution in [0.4, 0.5) is 0 Å². The number of carbonyl (C=O) groups is 2. The number of hydrogen-bond acceptors (Lipinski definition) is 6. The van der Waals surface area contributed by atoms with E-state index in [1.807, 2.05) is 34.6 Å². The number of nitrogens with zero attached hydrogens (tertiary/aromatic N) is 4. The molecule has 1 N–H and O–H groups in total. The smallest absolute Gasteiger partial charge is 0.328 e. The van der Waals surface area contributed by atoms with Gasteiger partial charge in [0.1, 0.15) is 11.9 Å². The van der Waals surface area contributed by atoms with Crippen molar-refractivity contribution in [1.29, 1.82) is 0 Å². The first kappa shape index (κ1) is 18.8. The number of aromatic nitrogens is 4. The SMILES string of the molecule is COC(=O)C(NC(=O)CCc1c(C)nc2nc(C)nn2c1C)C(C)C. The van der Waals surface area contributed by atoms with E-state index >= 15 is 0 Å². The third-order valence-electron chi connectivity index (χ3n) is 4.20. The Labute approximate surface area is 147 Å². The first-order valence-corrected chi connectivity index (χ1v) is 8.31. The molecule has 2 heterocycles. The summed E-state index contributed by atoms with van der Waals surface area (Å²) in [4.78, 5) is 32.7. The number of fused-ring (bicyclic) bond motifs is 1. The number of nitrogens with one attached hydrogen (secondary N) is 1. The Morgan fingerprint density at radius 1 is 1.20 bits per heavy atom. The van der Waals surface area contributed by atoms with Gasteiger partial charge in [-0.3, -0.25) is 4.79 Å². The van der Waals surface area contributed by atoms with Crippen LogP contribution in [0.2, 0.25) is 0 Å². The van der Waals surface area contributed by atoms with E-state index in [1.165, 1.54) is 7.11 Å². The van der Waals surface area contributed by atoms with Crippen LogP contribution in [0.15, 0.2) is 0 Å². The van der Waals surface area contributed by atoms with Crippen molar-refractivity contribution in [3.63, 3.8) is 0 Å². The van der Waals surface area contributed by atoms with Gasteiger partial charge in [-0.05, 0) is 38.7 Å². The summed E-state index contributed by atoms with van der Waals surface area (Å²) in [5, 5.41) is 7.08. The summed E-state index contributed by atoms with van der Waals surface area (Å²) in [5.41, 5.74) is 2.72. The van der Waals surface area contributed by atoms with Crippen molar-refractivity contribution in [3.8, 4) is 0 Å². The van der Waals surface area contributed by atoms with E-state index < -0.39 is 12.0 Å². The highest BCUT2D eigenvalue weighted by molar-refractivity contribution is 5.84. The highest BCUT2D eigenvalue weighted by Crippen LogP contribution is 2.16. The molecule has 0 aliphatic rings. The molecule has 2 aromatic rings. The zero-order chi connectivity index (χ0) is 18.7. The van der Waals surface area contributed by atoms with Gasteiger partial charge in [0.05, 0.1) is 7.11 Å². The molecule has 1 unspecified atom stereocenters. The van der Waals surface area contributed by atoms with Crippen molar-refractivity contribution >= 4 is 17.7 Å². The molecule has 0 saturated heterocycles. The summed E-state index contributed by atoms with van der Waals surface area (Å²) in [6.07, 6.45) is 0.764. The molecule has 0 spiro atoms. The minimum absolute atomic E-state index is 0.0454. The van der Waals surface area contributed by atoms with Crippen LogP contribution in [0.25, 0.3) is 5.78 Å². The van der Waals surface area contributed by atoms with Crippen LogP contribution in [0.5, 0.6) is 0 Å². The number of hydrogen-bond donors (Lipinski definition) is 1. The zero-order valence-corrected chi connectivity index (χ0v) is 15.6. The first-order valence-electron chi connectivity index (χ1n) is 8.31. The van der Waals surface area contributed by atoms with Crippen LogP contribution in [0.3, 0.4) is 0 Å². The molecule has 8 heteroatoms. The molecule has 0 bridgehead atoms. The molecule has 8 nitrogen and oxygen atoms in total. The second-order valence-electron chi connectivity index (χ2n) is 6.44. The standard InChI is InChI=1S/C17H25N5O3/c1-9(2)15(16(24)25-6)20-14(23)8-7-13-10(3)18-17-19-12(5)21-22(17)11(13)4/h9,15H,7-8H2,1-6H3,(H,20,23). The van der Waals surface area contributed by atoms with Crippen LogP contribution in [0, 0.1) is 26.7 Å². The van der Waals surface area contributed by atoms with E-state index in [0.717, 1.165) is 17.0 Å². The van der Waals surface area contributed by atoms with Gasteiger partial charge in [-0.25, -0.2) is 14.3 Å². The highest BCUT2D eigenvalue weighted by Gasteiger charge is 2.25. The van der Waals surface area contributed by atoms with Gasteiger partial charge in [-0.15, -0.1) is 0 Å². The lowest BCUT2D eigenvalue weighted by atomic mass is 10.0. The molecule has 0 radical (unpaired) electrons. The van der Waals surface area contributed by atoms with Gasteiger partial charge >= 0.3 is 5.97 Å². The van der Waals surface area contributed by atoms with Gasteiger partial charge in [0, 0.05) is 17.8 Å². The van der Waals surface area contributed by atoms with E-state index in [0.29, 0.717) is 18.0 Å². The van der Waals surface area contributed by atoms with E-state index in [2.05, 4.69) is 20.4 Å². The Hall–Kier alpha value is -2.51. The minimum Gasteiger partial charge on any atom is -0.467 e. The lowest BCUT2D eigenvalue weighted by Gasteiger charge is -2.20. The van der Waals surface area contributed by atoms with Crippen LogP contribution < -0.4 is 5.32 Å². The average molecular weight is 347 g/mol. The van der Waals surface area contributed by atoms with E-state index in [-0.39, 0.29) is 18.2 Å². The quantitative estimate of drug-likeness (QED) is 0.791. The molecular formula is C17H25N5O3. The third-order valence-corrected chi connectivity index (χ3v) is 4.20. The maximum absolute atomic E-state index is 12.3. The second-order valence-corrected chi connectivity index (χ2v) is 6.44. The van der Waals surface area contributed by atoms with E-state index in [9.17, 15) is 9.59 Å². The Bertz CT molecular complexity index is 797. The van der Waals surface area contributed by atoms with Gasteiger partial charge in [0.15, 0.2) is 0 Å². The van der Waals surface area contributed by atoms with Crippen molar-refractivity contribution in [2.75, 3.05) is 7.11 Å². The maximum Gasteiger partial charge on any atom is 0.328 e. The second kappa shape index (κ2) is 7.58. The number of amides is 1. The molecule has 0 aliphatic heterocycles. The van der Waals surface area contributed by atoms with Gasteiger partial charge in [-0.1, -0.05) is 13.8 Å². The summed E-state index contributed by atoms with van der Waals surface area (Å²) >= 11 is 0. The van der Waals surface area contributed by atoms with Crippen molar-refractivity contribution in [2.24, 2.45) is 5.92 Å². The number of carbonyl (C=O) groups excluding carboxylic acids is 2. The number of rotatable bonds is 6. The lowest BCUT2D eigenvalue weighted by molar-refractivity contribution is -0.146. The zero-order valence-electron chi connectivity index (χ0n) is 15.6. The molecule has 1 atom stereocenters. The minimum atomic E-state index is -0.640. The molecule has 0 aliphatic carbocycles. The summed E-state index contributed by atoms with van der Waals surface area (Å²) in [6.45, 7) is 9.38. The molecule has 0 fully saturated rings. The summed E-state index contributed by atoms with van der Waals surface area (Å²) in [7, 11) is 1.32. The van der Waals surface area contributed by atoms with Gasteiger partial charge < -0.3 is 10.1 Å². The molecule has 25 heavy (non-hydrogen) atoms. The van der Waals surface area contributed by atoms with Crippen molar-refractivity contribution < 1.29 is 14.3 Å².